The molecule has 0 saturated carbocycles. The van der Waals surface area contributed by atoms with Crippen molar-refractivity contribution in [3.05, 3.63) is 47.6 Å². The zero-order chi connectivity index (χ0) is 11.7. The molecule has 0 N–H and O–H groups in total. The summed E-state index contributed by atoms with van der Waals surface area (Å²) in [7, 11) is 0. The van der Waals surface area contributed by atoms with Crippen LogP contribution in [0.1, 0.15) is 13.8 Å². The molecule has 2 aliphatic rings. The maximum atomic E-state index is 2.54. The molecule has 0 aliphatic heterocycles. The summed E-state index contributed by atoms with van der Waals surface area (Å²) in [4.78, 5) is 0. The third-order valence-corrected chi connectivity index (χ3v) is 23.4. The number of rotatable bonds is 2. The van der Waals surface area contributed by atoms with Crippen LogP contribution < -0.4 is 24.8 Å². The van der Waals surface area contributed by atoms with Gasteiger partial charge in [-0.2, -0.15) is 0 Å². The van der Waals surface area contributed by atoms with Crippen molar-refractivity contribution in [1.29, 1.82) is 0 Å². The molecule has 0 radical (unpaired) electrons. The van der Waals surface area contributed by atoms with Crippen molar-refractivity contribution in [3.8, 4) is 0 Å². The van der Waals surface area contributed by atoms with Crippen molar-refractivity contribution < 1.29 is 45.2 Å². The van der Waals surface area contributed by atoms with Gasteiger partial charge in [0.1, 0.15) is 0 Å². The summed E-state index contributed by atoms with van der Waals surface area (Å²) in [6, 6.07) is 0. The van der Waals surface area contributed by atoms with Gasteiger partial charge in [0.05, 0.1) is 0 Å². The van der Waals surface area contributed by atoms with Crippen molar-refractivity contribution in [2.24, 2.45) is 0 Å². The van der Waals surface area contributed by atoms with Crippen molar-refractivity contribution >= 4 is 5.43 Å². The molecule has 2 rings (SSSR count). The van der Waals surface area contributed by atoms with Gasteiger partial charge in [0.2, 0.25) is 0 Å². The minimum absolute atomic E-state index is 0. The van der Waals surface area contributed by atoms with E-state index >= 15 is 0 Å². The predicted octanol–water partition coefficient (Wildman–Crippen LogP) is -1.53. The Labute approximate surface area is 131 Å². The van der Waals surface area contributed by atoms with Gasteiger partial charge < -0.3 is 24.8 Å². The summed E-state index contributed by atoms with van der Waals surface area (Å²) in [5.41, 5.74) is 3.17. The topological polar surface area (TPSA) is 0 Å². The van der Waals surface area contributed by atoms with Crippen LogP contribution in [0.4, 0.5) is 0 Å². The number of hydrogen-bond donors (Lipinski definition) is 0. The normalized spacial score (nSPS) is 23.5. The average molecular weight is 379 g/mol. The van der Waals surface area contributed by atoms with E-state index in [4.69, 9.17) is 0 Å². The number of hydrogen-bond acceptors (Lipinski definition) is 0. The first-order valence-electron chi connectivity index (χ1n) is 5.98. The van der Waals surface area contributed by atoms with E-state index in [9.17, 15) is 0 Å². The maximum absolute atomic E-state index is 2.54. The zero-order valence-corrected chi connectivity index (χ0v) is 16.3. The van der Waals surface area contributed by atoms with Crippen molar-refractivity contribution in [1.82, 2.24) is 0 Å². The van der Waals surface area contributed by atoms with Crippen molar-refractivity contribution in [3.63, 3.8) is 0 Å². The van der Waals surface area contributed by atoms with E-state index in [0.717, 1.165) is 7.25 Å². The maximum Gasteiger partial charge on any atom is -1.00 e. The number of allylic oxidation sites excluding steroid dienone is 8. The molecule has 18 heavy (non-hydrogen) atoms. The second kappa shape index (κ2) is 8.04. The third kappa shape index (κ3) is 3.82. The molecule has 4 heteroatoms. The van der Waals surface area contributed by atoms with E-state index in [1.165, 1.54) is 0 Å². The molecule has 0 amide bonds. The van der Waals surface area contributed by atoms with Crippen molar-refractivity contribution in [2.45, 2.75) is 34.2 Å². The SMILES string of the molecule is CC1=CC=C[CH]1[Zr+2]([CH]1C=CC=C1C)=[Si](C)C.[Cl-].[Cl-]. The van der Waals surface area contributed by atoms with Crippen LogP contribution in [-0.2, 0) is 20.4 Å². The van der Waals surface area contributed by atoms with Crippen LogP contribution >= 0.6 is 0 Å². The molecule has 98 valence electrons. The Balaban J connectivity index is 0.00000144. The number of halogens is 2. The van der Waals surface area contributed by atoms with Gasteiger partial charge in [0.15, 0.2) is 0 Å². The van der Waals surface area contributed by atoms with Gasteiger partial charge in [-0.05, 0) is 0 Å². The van der Waals surface area contributed by atoms with Crippen LogP contribution in [0.3, 0.4) is 0 Å². The minimum Gasteiger partial charge on any atom is -1.00 e. The van der Waals surface area contributed by atoms with Crippen LogP contribution in [0.25, 0.3) is 0 Å². The molecule has 0 aromatic heterocycles. The average Bonchev–Trinajstić information content (AvgIpc) is 2.79. The smallest absolute Gasteiger partial charge is 1.00 e. The molecular formula is C14H20Cl2SiZr. The van der Waals surface area contributed by atoms with Gasteiger partial charge in [-0.15, -0.1) is 0 Å². The molecule has 0 nitrogen and oxygen atoms in total. The van der Waals surface area contributed by atoms with Crippen molar-refractivity contribution in [2.75, 3.05) is 0 Å². The summed E-state index contributed by atoms with van der Waals surface area (Å²) < 4.78 is 1.75. The van der Waals surface area contributed by atoms with Gasteiger partial charge in [-0.1, -0.05) is 0 Å². The first kappa shape index (κ1) is 18.6. The van der Waals surface area contributed by atoms with Gasteiger partial charge in [-0.3, -0.25) is 0 Å². The van der Waals surface area contributed by atoms with E-state index in [1.54, 1.807) is 11.1 Å². The zero-order valence-electron chi connectivity index (χ0n) is 11.4. The third-order valence-electron chi connectivity index (χ3n) is 3.55. The molecule has 0 bridgehead atoms. The Bertz CT molecular complexity index is 418. The van der Waals surface area contributed by atoms with E-state index in [2.05, 4.69) is 63.4 Å². The quantitative estimate of drug-likeness (QED) is 0.512. The van der Waals surface area contributed by atoms with Gasteiger partial charge in [0, 0.05) is 0 Å². The van der Waals surface area contributed by atoms with Gasteiger partial charge in [0.25, 0.3) is 0 Å². The molecular weight excluding hydrogens is 358 g/mol. The molecule has 2 aliphatic carbocycles. The van der Waals surface area contributed by atoms with E-state index < -0.39 is 20.4 Å². The summed E-state index contributed by atoms with van der Waals surface area (Å²) in [6.45, 7) is 9.73. The van der Waals surface area contributed by atoms with E-state index in [-0.39, 0.29) is 30.2 Å². The van der Waals surface area contributed by atoms with Crippen LogP contribution in [0.5, 0.6) is 0 Å². The van der Waals surface area contributed by atoms with Crippen LogP contribution in [0, 0.1) is 0 Å². The minimum atomic E-state index is -1.38. The molecule has 0 spiro atoms. The fourth-order valence-corrected chi connectivity index (χ4v) is 22.3. The standard InChI is InChI=1S/2C6H7.C2H6Si.2ClH.Zr/c2*1-6-4-2-3-5-6;1-3-2;;;/h2*2-5H,1H3;1-2H3;2*1H;/q;;;;;+2/p-2. The Morgan fingerprint density at radius 1 is 0.889 bits per heavy atom. The molecule has 2 unspecified atom stereocenters. The second-order valence-corrected chi connectivity index (χ2v) is 23.1. The fraction of sp³-hybridized carbons (Fsp3) is 0.429. The van der Waals surface area contributed by atoms with Crippen LogP contribution in [0.15, 0.2) is 47.6 Å². The summed E-state index contributed by atoms with van der Waals surface area (Å²) >= 11 is -1.38. The predicted molar refractivity (Wildman–Crippen MR) is 70.8 cm³/mol. The Kier molecular flexibility index (Phi) is 8.33. The summed E-state index contributed by atoms with van der Waals surface area (Å²) in [5, 5.41) is 0. The van der Waals surface area contributed by atoms with Gasteiger partial charge in [-0.25, -0.2) is 0 Å². The fourth-order valence-electron chi connectivity index (χ4n) is 2.66. The summed E-state index contributed by atoms with van der Waals surface area (Å²) in [5.74, 6) is 0. The summed E-state index contributed by atoms with van der Waals surface area (Å²) in [6.07, 6.45) is 14.2. The monoisotopic (exact) mass is 376 g/mol. The van der Waals surface area contributed by atoms with Crippen LogP contribution in [-0.4, -0.2) is 5.43 Å². The van der Waals surface area contributed by atoms with E-state index in [0.29, 0.717) is 0 Å². The Hall–Kier alpha value is 0.640. The molecule has 0 saturated heterocycles. The molecule has 0 aromatic rings. The largest absolute Gasteiger partial charge is 1.00 e. The first-order valence-corrected chi connectivity index (χ1v) is 15.0. The second-order valence-electron chi connectivity index (χ2n) is 5.00. The Morgan fingerprint density at radius 3 is 1.50 bits per heavy atom. The van der Waals surface area contributed by atoms with Crippen LogP contribution in [0.2, 0.25) is 20.3 Å². The Morgan fingerprint density at radius 2 is 1.28 bits per heavy atom. The first-order chi connectivity index (χ1) is 7.61. The molecule has 0 aromatic carbocycles. The molecule has 2 atom stereocenters. The van der Waals surface area contributed by atoms with E-state index in [1.807, 2.05) is 0 Å². The molecule has 0 heterocycles. The molecule has 0 fully saturated rings. The van der Waals surface area contributed by atoms with Gasteiger partial charge >= 0.3 is 108 Å².